The molecule has 116 valence electrons. The lowest BCUT2D eigenvalue weighted by atomic mass is 10.2. The first-order chi connectivity index (χ1) is 10.6. The predicted octanol–water partition coefficient (Wildman–Crippen LogP) is 2.01. The Kier molecular flexibility index (Phi) is 4.09. The number of piperazine rings is 1. The van der Waals surface area contributed by atoms with Gasteiger partial charge in [-0.15, -0.1) is 0 Å². The topological polar surface area (TPSA) is 35.5 Å². The Hall–Kier alpha value is -2.37. The summed E-state index contributed by atoms with van der Waals surface area (Å²) in [5.41, 5.74) is 1.07. The van der Waals surface area contributed by atoms with Crippen LogP contribution in [-0.2, 0) is 0 Å². The van der Waals surface area contributed by atoms with Crippen molar-refractivity contribution >= 4 is 17.5 Å². The maximum Gasteiger partial charge on any atom is 0.226 e. The number of nitrogens with zero attached hydrogens (tertiary/aromatic N) is 5. The van der Waals surface area contributed by atoms with Gasteiger partial charge in [-0.3, -0.25) is 0 Å². The van der Waals surface area contributed by atoms with Gasteiger partial charge in [0.2, 0.25) is 5.95 Å². The summed E-state index contributed by atoms with van der Waals surface area (Å²) in [4.78, 5) is 15.3. The van der Waals surface area contributed by atoms with Crippen molar-refractivity contribution in [3.8, 4) is 0 Å². The maximum absolute atomic E-state index is 13.0. The number of anilines is 3. The summed E-state index contributed by atoms with van der Waals surface area (Å²) in [5, 5.41) is 0. The summed E-state index contributed by atoms with van der Waals surface area (Å²) in [6.07, 6.45) is 1.80. The first-order valence-corrected chi connectivity index (χ1v) is 7.39. The first kappa shape index (κ1) is 14.6. The van der Waals surface area contributed by atoms with Crippen LogP contribution in [0.5, 0.6) is 0 Å². The van der Waals surface area contributed by atoms with E-state index in [1.165, 1.54) is 12.1 Å². The second-order valence-electron chi connectivity index (χ2n) is 5.56. The highest BCUT2D eigenvalue weighted by Gasteiger charge is 2.19. The van der Waals surface area contributed by atoms with E-state index in [0.29, 0.717) is 0 Å². The third-order valence-electron chi connectivity index (χ3n) is 3.82. The van der Waals surface area contributed by atoms with Crippen molar-refractivity contribution < 1.29 is 4.39 Å². The van der Waals surface area contributed by atoms with Gasteiger partial charge in [0.05, 0.1) is 0 Å². The molecular formula is C16H20FN5. The van der Waals surface area contributed by atoms with Gasteiger partial charge >= 0.3 is 0 Å². The summed E-state index contributed by atoms with van der Waals surface area (Å²) >= 11 is 0. The van der Waals surface area contributed by atoms with Gasteiger partial charge in [0.25, 0.3) is 0 Å². The Morgan fingerprint density at radius 2 is 1.59 bits per heavy atom. The van der Waals surface area contributed by atoms with E-state index in [0.717, 1.165) is 43.6 Å². The van der Waals surface area contributed by atoms with Gasteiger partial charge < -0.3 is 14.7 Å². The highest BCUT2D eigenvalue weighted by molar-refractivity contribution is 5.50. The molecule has 0 bridgehead atoms. The summed E-state index contributed by atoms with van der Waals surface area (Å²) in [6.45, 7) is 3.57. The number of benzene rings is 1. The summed E-state index contributed by atoms with van der Waals surface area (Å²) < 4.78 is 13.0. The Morgan fingerprint density at radius 3 is 2.23 bits per heavy atom. The van der Waals surface area contributed by atoms with Crippen LogP contribution in [0.3, 0.4) is 0 Å². The molecule has 1 aliphatic heterocycles. The van der Waals surface area contributed by atoms with Gasteiger partial charge in [0.1, 0.15) is 11.6 Å². The molecule has 0 saturated carbocycles. The molecule has 0 N–H and O–H groups in total. The first-order valence-electron chi connectivity index (χ1n) is 7.39. The molecule has 0 spiro atoms. The number of halogens is 1. The Morgan fingerprint density at radius 1 is 0.955 bits per heavy atom. The van der Waals surface area contributed by atoms with Crippen LogP contribution >= 0.6 is 0 Å². The fourth-order valence-electron chi connectivity index (χ4n) is 2.58. The van der Waals surface area contributed by atoms with Crippen molar-refractivity contribution in [3.05, 3.63) is 42.3 Å². The molecule has 3 rings (SSSR count). The van der Waals surface area contributed by atoms with E-state index in [2.05, 4.69) is 19.8 Å². The van der Waals surface area contributed by atoms with Gasteiger partial charge in [-0.2, -0.15) is 4.98 Å². The van der Waals surface area contributed by atoms with Crippen LogP contribution in [0, 0.1) is 5.82 Å². The van der Waals surface area contributed by atoms with Crippen molar-refractivity contribution in [2.75, 3.05) is 55.0 Å². The quantitative estimate of drug-likeness (QED) is 0.866. The number of rotatable bonds is 3. The summed E-state index contributed by atoms with van der Waals surface area (Å²) in [7, 11) is 3.87. The normalized spacial score (nSPS) is 15.0. The lowest BCUT2D eigenvalue weighted by Gasteiger charge is -2.36. The second kappa shape index (κ2) is 6.17. The van der Waals surface area contributed by atoms with E-state index in [9.17, 15) is 4.39 Å². The molecule has 5 nitrogen and oxygen atoms in total. The molecule has 22 heavy (non-hydrogen) atoms. The summed E-state index contributed by atoms with van der Waals surface area (Å²) in [6, 6.07) is 8.63. The van der Waals surface area contributed by atoms with Crippen molar-refractivity contribution in [1.82, 2.24) is 9.97 Å². The van der Waals surface area contributed by atoms with Gasteiger partial charge in [-0.05, 0) is 30.3 Å². The molecule has 1 aromatic heterocycles. The lowest BCUT2D eigenvalue weighted by Crippen LogP contribution is -2.46. The lowest BCUT2D eigenvalue weighted by molar-refractivity contribution is 0.624. The fraction of sp³-hybridized carbons (Fsp3) is 0.375. The minimum Gasteiger partial charge on any atom is -0.368 e. The maximum atomic E-state index is 13.0. The van der Waals surface area contributed by atoms with Crippen molar-refractivity contribution in [2.24, 2.45) is 0 Å². The van der Waals surface area contributed by atoms with Crippen LogP contribution in [0.2, 0.25) is 0 Å². The molecule has 2 heterocycles. The largest absolute Gasteiger partial charge is 0.368 e. The molecular weight excluding hydrogens is 281 g/mol. The SMILES string of the molecule is CN(C)c1nccc(N2CCN(c3ccc(F)cc3)CC2)n1. The van der Waals surface area contributed by atoms with Crippen molar-refractivity contribution in [3.63, 3.8) is 0 Å². The zero-order valence-corrected chi connectivity index (χ0v) is 12.9. The zero-order valence-electron chi connectivity index (χ0n) is 12.9. The third kappa shape index (κ3) is 3.10. The third-order valence-corrected chi connectivity index (χ3v) is 3.82. The molecule has 0 unspecified atom stereocenters. The van der Waals surface area contributed by atoms with Gasteiger partial charge in [0.15, 0.2) is 0 Å². The average Bonchev–Trinajstić information content (AvgIpc) is 2.56. The molecule has 0 amide bonds. The van der Waals surface area contributed by atoms with E-state index in [1.807, 2.05) is 37.2 Å². The van der Waals surface area contributed by atoms with Crippen molar-refractivity contribution in [2.45, 2.75) is 0 Å². The van der Waals surface area contributed by atoms with Crippen LogP contribution in [-0.4, -0.2) is 50.2 Å². The van der Waals surface area contributed by atoms with Crippen LogP contribution in [0.15, 0.2) is 36.5 Å². The minimum atomic E-state index is -0.195. The van der Waals surface area contributed by atoms with Gasteiger partial charge in [-0.1, -0.05) is 0 Å². The molecule has 1 aromatic carbocycles. The van der Waals surface area contributed by atoms with E-state index in [1.54, 1.807) is 6.20 Å². The number of hydrogen-bond acceptors (Lipinski definition) is 5. The second-order valence-corrected chi connectivity index (χ2v) is 5.56. The Balaban J connectivity index is 1.66. The fourth-order valence-corrected chi connectivity index (χ4v) is 2.58. The summed E-state index contributed by atoms with van der Waals surface area (Å²) in [5.74, 6) is 1.48. The standard InChI is InChI=1S/C16H20FN5/c1-20(2)16-18-8-7-15(19-16)22-11-9-21(10-12-22)14-5-3-13(17)4-6-14/h3-8H,9-12H2,1-2H3. The van der Waals surface area contributed by atoms with Gasteiger partial charge in [0, 0.05) is 52.2 Å². The molecule has 1 saturated heterocycles. The van der Waals surface area contributed by atoms with E-state index in [4.69, 9.17) is 0 Å². The Bertz CT molecular complexity index is 621. The van der Waals surface area contributed by atoms with Gasteiger partial charge in [-0.25, -0.2) is 9.37 Å². The van der Waals surface area contributed by atoms with Crippen LogP contribution in [0.1, 0.15) is 0 Å². The smallest absolute Gasteiger partial charge is 0.226 e. The Labute approximate surface area is 130 Å². The van der Waals surface area contributed by atoms with E-state index in [-0.39, 0.29) is 5.82 Å². The van der Waals surface area contributed by atoms with Crippen LogP contribution < -0.4 is 14.7 Å². The van der Waals surface area contributed by atoms with Crippen LogP contribution in [0.4, 0.5) is 21.8 Å². The molecule has 1 aliphatic rings. The molecule has 6 heteroatoms. The molecule has 1 fully saturated rings. The predicted molar refractivity (Wildman–Crippen MR) is 87.2 cm³/mol. The average molecular weight is 301 g/mol. The highest BCUT2D eigenvalue weighted by atomic mass is 19.1. The molecule has 0 aliphatic carbocycles. The number of aromatic nitrogens is 2. The molecule has 2 aromatic rings. The van der Waals surface area contributed by atoms with E-state index < -0.39 is 0 Å². The molecule has 0 radical (unpaired) electrons. The zero-order chi connectivity index (χ0) is 15.5. The minimum absolute atomic E-state index is 0.195. The number of hydrogen-bond donors (Lipinski definition) is 0. The monoisotopic (exact) mass is 301 g/mol. The van der Waals surface area contributed by atoms with Crippen LogP contribution in [0.25, 0.3) is 0 Å². The highest BCUT2D eigenvalue weighted by Crippen LogP contribution is 2.20. The molecule has 0 atom stereocenters. The van der Waals surface area contributed by atoms with E-state index >= 15 is 0 Å². The van der Waals surface area contributed by atoms with Crippen molar-refractivity contribution in [1.29, 1.82) is 0 Å².